The Balaban J connectivity index is 2.20. The first-order valence-corrected chi connectivity index (χ1v) is 8.53. The number of thioether (sulfide) groups is 1. The SMILES string of the molecule is C=CCN1C(=O)C2(SC(NC(C)=O)=NN2C(C)=O)c2cccc(C)c21. The Hall–Kier alpha value is -2.61. The van der Waals surface area contributed by atoms with Gasteiger partial charge in [0.1, 0.15) is 0 Å². The summed E-state index contributed by atoms with van der Waals surface area (Å²) in [6, 6.07) is 5.57. The Morgan fingerprint density at radius 3 is 2.72 bits per heavy atom. The van der Waals surface area contributed by atoms with E-state index in [9.17, 15) is 14.4 Å². The van der Waals surface area contributed by atoms with E-state index in [2.05, 4.69) is 17.0 Å². The minimum atomic E-state index is -1.34. The molecular formula is C17H18N4O3S. The summed E-state index contributed by atoms with van der Waals surface area (Å²) in [5.41, 5.74) is 2.36. The highest BCUT2D eigenvalue weighted by Crippen LogP contribution is 2.55. The summed E-state index contributed by atoms with van der Waals surface area (Å²) in [7, 11) is 0. The summed E-state index contributed by atoms with van der Waals surface area (Å²) >= 11 is 1.07. The Bertz CT molecular complexity index is 835. The molecule has 1 aromatic carbocycles. The Kier molecular flexibility index (Phi) is 4.16. The van der Waals surface area contributed by atoms with Crippen LogP contribution in [0.1, 0.15) is 25.0 Å². The van der Waals surface area contributed by atoms with Crippen LogP contribution in [0.5, 0.6) is 0 Å². The number of hydrogen-bond donors (Lipinski definition) is 1. The summed E-state index contributed by atoms with van der Waals surface area (Å²) in [5, 5.41) is 8.16. The number of para-hydroxylation sites is 1. The second kappa shape index (κ2) is 6.03. The van der Waals surface area contributed by atoms with Gasteiger partial charge in [-0.2, -0.15) is 5.01 Å². The normalized spacial score (nSPS) is 21.4. The molecule has 1 spiro atoms. The van der Waals surface area contributed by atoms with Crippen LogP contribution in [0.25, 0.3) is 0 Å². The number of amidine groups is 1. The lowest BCUT2D eigenvalue weighted by Gasteiger charge is -2.29. The van der Waals surface area contributed by atoms with Crippen molar-refractivity contribution >= 4 is 40.3 Å². The zero-order valence-electron chi connectivity index (χ0n) is 14.2. The molecular weight excluding hydrogens is 340 g/mol. The van der Waals surface area contributed by atoms with E-state index in [1.807, 2.05) is 25.1 Å². The zero-order valence-corrected chi connectivity index (χ0v) is 15.0. The van der Waals surface area contributed by atoms with Crippen LogP contribution in [0.3, 0.4) is 0 Å². The van der Waals surface area contributed by atoms with Gasteiger partial charge in [0.15, 0.2) is 5.17 Å². The number of nitrogens with one attached hydrogen (secondary N) is 1. The van der Waals surface area contributed by atoms with E-state index in [1.165, 1.54) is 13.8 Å². The van der Waals surface area contributed by atoms with Crippen LogP contribution in [0.4, 0.5) is 5.69 Å². The molecule has 3 rings (SSSR count). The molecule has 0 radical (unpaired) electrons. The fourth-order valence-electron chi connectivity index (χ4n) is 3.16. The summed E-state index contributed by atoms with van der Waals surface area (Å²) < 4.78 is 0. The Morgan fingerprint density at radius 2 is 2.12 bits per heavy atom. The minimum absolute atomic E-state index is 0.226. The van der Waals surface area contributed by atoms with Crippen molar-refractivity contribution in [2.24, 2.45) is 5.10 Å². The van der Waals surface area contributed by atoms with Crippen LogP contribution in [0, 0.1) is 6.92 Å². The molecule has 8 heteroatoms. The summed E-state index contributed by atoms with van der Waals surface area (Å²) in [5.74, 6) is -0.972. The van der Waals surface area contributed by atoms with Crippen molar-refractivity contribution in [3.8, 4) is 0 Å². The molecule has 0 bridgehead atoms. The van der Waals surface area contributed by atoms with Gasteiger partial charge in [-0.15, -0.1) is 11.7 Å². The van der Waals surface area contributed by atoms with E-state index in [-0.39, 0.29) is 22.9 Å². The van der Waals surface area contributed by atoms with E-state index >= 15 is 0 Å². The number of carbonyl (C=O) groups excluding carboxylic acids is 3. The largest absolute Gasteiger partial charge is 0.305 e. The third-order valence-corrected chi connectivity index (χ3v) is 5.27. The van der Waals surface area contributed by atoms with Gasteiger partial charge in [-0.05, 0) is 24.2 Å². The molecule has 25 heavy (non-hydrogen) atoms. The maximum absolute atomic E-state index is 13.4. The molecule has 7 nitrogen and oxygen atoms in total. The molecule has 2 aliphatic rings. The lowest BCUT2D eigenvalue weighted by Crippen LogP contribution is -2.48. The molecule has 1 atom stereocenters. The number of anilines is 1. The highest BCUT2D eigenvalue weighted by atomic mass is 32.2. The fraction of sp³-hybridized carbons (Fsp3) is 0.294. The number of benzene rings is 1. The molecule has 2 aliphatic heterocycles. The molecule has 1 unspecified atom stereocenters. The number of fused-ring (bicyclic) bond motifs is 2. The molecule has 2 heterocycles. The monoisotopic (exact) mass is 358 g/mol. The highest BCUT2D eigenvalue weighted by molar-refractivity contribution is 8.15. The maximum atomic E-state index is 13.4. The van der Waals surface area contributed by atoms with Gasteiger partial charge in [0.2, 0.25) is 16.7 Å². The summed E-state index contributed by atoms with van der Waals surface area (Å²) in [6.45, 7) is 8.65. The van der Waals surface area contributed by atoms with Gasteiger partial charge in [-0.3, -0.25) is 14.4 Å². The molecule has 130 valence electrons. The number of hydrazone groups is 1. The average Bonchev–Trinajstić information content (AvgIpc) is 3.01. The van der Waals surface area contributed by atoms with Crippen molar-refractivity contribution in [1.29, 1.82) is 0 Å². The smallest absolute Gasteiger partial charge is 0.271 e. The van der Waals surface area contributed by atoms with Crippen LogP contribution in [-0.2, 0) is 19.3 Å². The third-order valence-electron chi connectivity index (χ3n) is 4.03. The maximum Gasteiger partial charge on any atom is 0.271 e. The molecule has 1 N–H and O–H groups in total. The summed E-state index contributed by atoms with van der Waals surface area (Å²) in [6.07, 6.45) is 1.64. The minimum Gasteiger partial charge on any atom is -0.305 e. The van der Waals surface area contributed by atoms with Crippen molar-refractivity contribution in [3.05, 3.63) is 42.0 Å². The van der Waals surface area contributed by atoms with Crippen LogP contribution in [0.2, 0.25) is 0 Å². The Morgan fingerprint density at radius 1 is 1.40 bits per heavy atom. The standard InChI is InChI=1S/C17H18N4O3S/c1-5-9-20-14-10(2)7-6-8-13(14)17(15(20)24)21(12(4)23)19-16(25-17)18-11(3)22/h5-8H,1,9H2,2-4H3,(H,18,19,22). The van der Waals surface area contributed by atoms with Crippen LogP contribution >= 0.6 is 11.8 Å². The molecule has 0 saturated carbocycles. The van der Waals surface area contributed by atoms with Crippen molar-refractivity contribution in [3.63, 3.8) is 0 Å². The first-order chi connectivity index (χ1) is 11.8. The van der Waals surface area contributed by atoms with Crippen LogP contribution in [-0.4, -0.2) is 34.4 Å². The van der Waals surface area contributed by atoms with E-state index in [1.54, 1.807) is 11.0 Å². The third kappa shape index (κ3) is 2.44. The van der Waals surface area contributed by atoms with Gasteiger partial charge in [0, 0.05) is 26.0 Å². The van der Waals surface area contributed by atoms with Gasteiger partial charge in [-0.1, -0.05) is 24.3 Å². The summed E-state index contributed by atoms with van der Waals surface area (Å²) in [4.78, 5) is 37.3. The number of hydrogen-bond acceptors (Lipinski definition) is 5. The van der Waals surface area contributed by atoms with Gasteiger partial charge < -0.3 is 10.2 Å². The number of nitrogens with zero attached hydrogens (tertiary/aromatic N) is 3. The molecule has 0 fully saturated rings. The molecule has 0 aliphatic carbocycles. The van der Waals surface area contributed by atoms with Gasteiger partial charge in [0.25, 0.3) is 5.91 Å². The van der Waals surface area contributed by atoms with Gasteiger partial charge in [-0.25, -0.2) is 0 Å². The van der Waals surface area contributed by atoms with E-state index < -0.39 is 4.87 Å². The van der Waals surface area contributed by atoms with Crippen LogP contribution in [0.15, 0.2) is 36.0 Å². The molecule has 3 amide bonds. The van der Waals surface area contributed by atoms with E-state index in [0.29, 0.717) is 12.1 Å². The first kappa shape index (κ1) is 17.2. The number of carbonyl (C=O) groups is 3. The lowest BCUT2D eigenvalue weighted by atomic mass is 10.0. The van der Waals surface area contributed by atoms with Crippen LogP contribution < -0.4 is 10.2 Å². The molecule has 0 aromatic heterocycles. The number of amides is 3. The van der Waals surface area contributed by atoms with Gasteiger partial charge in [0.05, 0.1) is 5.69 Å². The first-order valence-electron chi connectivity index (χ1n) is 7.72. The van der Waals surface area contributed by atoms with Crippen molar-refractivity contribution in [2.75, 3.05) is 11.4 Å². The zero-order chi connectivity index (χ0) is 18.4. The predicted molar refractivity (Wildman–Crippen MR) is 96.8 cm³/mol. The predicted octanol–water partition coefficient (Wildman–Crippen LogP) is 1.68. The fourth-order valence-corrected chi connectivity index (χ4v) is 4.48. The van der Waals surface area contributed by atoms with Crippen molar-refractivity contribution in [1.82, 2.24) is 10.3 Å². The average molecular weight is 358 g/mol. The van der Waals surface area contributed by atoms with Crippen molar-refractivity contribution in [2.45, 2.75) is 25.6 Å². The highest BCUT2D eigenvalue weighted by Gasteiger charge is 2.61. The topological polar surface area (TPSA) is 82.1 Å². The van der Waals surface area contributed by atoms with E-state index in [0.717, 1.165) is 28.0 Å². The number of rotatable bonds is 2. The van der Waals surface area contributed by atoms with Gasteiger partial charge >= 0.3 is 0 Å². The Labute approximate surface area is 149 Å². The molecule has 1 aromatic rings. The van der Waals surface area contributed by atoms with Crippen molar-refractivity contribution < 1.29 is 14.4 Å². The number of aryl methyl sites for hydroxylation is 1. The molecule has 0 saturated heterocycles. The van der Waals surface area contributed by atoms with E-state index in [4.69, 9.17) is 0 Å². The lowest BCUT2D eigenvalue weighted by molar-refractivity contribution is -0.139. The second-order valence-corrected chi connectivity index (χ2v) is 7.02. The quantitative estimate of drug-likeness (QED) is 0.816. The second-order valence-electron chi connectivity index (χ2n) is 5.84.